The fourth-order valence-corrected chi connectivity index (χ4v) is 1.78. The number of hydrogen-bond donors (Lipinski definition) is 2. The first-order valence-electron chi connectivity index (χ1n) is 6.50. The molecule has 1 aromatic rings. The zero-order valence-corrected chi connectivity index (χ0v) is 12.6. The van der Waals surface area contributed by atoms with Gasteiger partial charge in [0.15, 0.2) is 5.69 Å². The zero-order valence-electron chi connectivity index (χ0n) is 12.6. The molecule has 1 unspecified atom stereocenters. The predicted octanol–water partition coefficient (Wildman–Crippen LogP) is 2.07. The quantitative estimate of drug-likeness (QED) is 0.454. The molecular weight excluding hydrogens is 349 g/mol. The van der Waals surface area contributed by atoms with Gasteiger partial charge in [-0.25, -0.2) is 0 Å². The molecule has 1 aromatic carbocycles. The van der Waals surface area contributed by atoms with Crippen molar-refractivity contribution < 1.29 is 27.8 Å². The first-order valence-corrected chi connectivity index (χ1v) is 6.50. The second-order valence-electron chi connectivity index (χ2n) is 4.69. The van der Waals surface area contributed by atoms with Crippen LogP contribution in [0.3, 0.4) is 0 Å². The Morgan fingerprint density at radius 1 is 1.28 bits per heavy atom. The maximum absolute atomic E-state index is 12.8. The second kappa shape index (κ2) is 7.47. The summed E-state index contributed by atoms with van der Waals surface area (Å²) in [5.74, 6) is 1.35. The lowest BCUT2D eigenvalue weighted by Gasteiger charge is -2.15. The highest BCUT2D eigenvalue weighted by atomic mass is 19.4. The summed E-state index contributed by atoms with van der Waals surface area (Å²) < 4.78 is 38.4. The number of nitro benzene ring substituents is 2. The summed E-state index contributed by atoms with van der Waals surface area (Å²) in [4.78, 5) is 31.4. The highest BCUT2D eigenvalue weighted by molar-refractivity contribution is 5.87. The smallest absolute Gasteiger partial charge is 0.363 e. The molecule has 0 radical (unpaired) electrons. The van der Waals surface area contributed by atoms with Crippen LogP contribution in [0.4, 0.5) is 30.2 Å². The second-order valence-corrected chi connectivity index (χ2v) is 4.69. The van der Waals surface area contributed by atoms with Gasteiger partial charge in [-0.3, -0.25) is 25.0 Å². The van der Waals surface area contributed by atoms with Crippen molar-refractivity contribution in [2.45, 2.75) is 19.1 Å². The number of nitrogens with one attached hydrogen (secondary N) is 2. The number of nitro groups is 2. The van der Waals surface area contributed by atoms with Crippen molar-refractivity contribution in [1.82, 2.24) is 5.32 Å². The lowest BCUT2D eigenvalue weighted by molar-refractivity contribution is -0.392. The molecule has 0 saturated heterocycles. The van der Waals surface area contributed by atoms with Crippen LogP contribution in [-0.4, -0.2) is 28.3 Å². The molecule has 0 bridgehead atoms. The van der Waals surface area contributed by atoms with Gasteiger partial charge >= 0.3 is 6.18 Å². The summed E-state index contributed by atoms with van der Waals surface area (Å²) >= 11 is 0. The van der Waals surface area contributed by atoms with E-state index in [0.717, 1.165) is 0 Å². The molecule has 0 aliphatic carbocycles. The van der Waals surface area contributed by atoms with Gasteiger partial charge in [-0.15, -0.1) is 6.42 Å². The van der Waals surface area contributed by atoms with Crippen molar-refractivity contribution in [2.75, 3.05) is 11.9 Å². The van der Waals surface area contributed by atoms with E-state index in [4.69, 9.17) is 6.42 Å². The molecule has 0 saturated carbocycles. The Hall–Kier alpha value is -3.36. The average molecular weight is 360 g/mol. The number of carbonyl (C=O) groups is 1. The van der Waals surface area contributed by atoms with Crippen molar-refractivity contribution in [1.29, 1.82) is 0 Å². The van der Waals surface area contributed by atoms with Crippen LogP contribution in [0, 0.1) is 32.6 Å². The SMILES string of the molecule is C#CCNC(=O)C(C)Nc1c([N+](=O)[O-])cc(C(F)(F)F)cc1[N+](=O)[O-]. The third-order valence-electron chi connectivity index (χ3n) is 2.94. The van der Waals surface area contributed by atoms with Crippen LogP contribution < -0.4 is 10.6 Å². The number of benzene rings is 1. The van der Waals surface area contributed by atoms with Crippen LogP contribution in [0.15, 0.2) is 12.1 Å². The predicted molar refractivity (Wildman–Crippen MR) is 79.7 cm³/mol. The van der Waals surface area contributed by atoms with Crippen LogP contribution in [0.1, 0.15) is 12.5 Å². The molecule has 134 valence electrons. The molecule has 2 N–H and O–H groups in total. The number of amides is 1. The summed E-state index contributed by atoms with van der Waals surface area (Å²) in [6.07, 6.45) is -0.0797. The van der Waals surface area contributed by atoms with Gasteiger partial charge in [0.25, 0.3) is 11.4 Å². The minimum Gasteiger partial charge on any atom is -0.363 e. The van der Waals surface area contributed by atoms with E-state index in [1.165, 1.54) is 6.92 Å². The molecule has 1 amide bonds. The number of carbonyl (C=O) groups excluding carboxylic acids is 1. The molecule has 12 heteroatoms. The van der Waals surface area contributed by atoms with Gasteiger partial charge in [0, 0.05) is 12.1 Å². The maximum atomic E-state index is 12.8. The summed E-state index contributed by atoms with van der Waals surface area (Å²) in [5.41, 5.74) is -4.73. The lowest BCUT2D eigenvalue weighted by Crippen LogP contribution is -2.38. The summed E-state index contributed by atoms with van der Waals surface area (Å²) in [6.45, 7) is 1.04. The van der Waals surface area contributed by atoms with Crippen molar-refractivity contribution in [2.24, 2.45) is 0 Å². The molecule has 1 rings (SSSR count). The number of rotatable bonds is 6. The minimum atomic E-state index is -5.02. The molecule has 1 atom stereocenters. The lowest BCUT2D eigenvalue weighted by atomic mass is 10.1. The van der Waals surface area contributed by atoms with E-state index in [1.807, 2.05) is 0 Å². The third-order valence-corrected chi connectivity index (χ3v) is 2.94. The number of alkyl halides is 3. The van der Waals surface area contributed by atoms with Gasteiger partial charge in [-0.05, 0) is 6.92 Å². The number of hydrogen-bond acceptors (Lipinski definition) is 6. The first-order chi connectivity index (χ1) is 11.5. The van der Waals surface area contributed by atoms with Crippen molar-refractivity contribution in [3.05, 3.63) is 37.9 Å². The van der Waals surface area contributed by atoms with E-state index in [-0.39, 0.29) is 18.7 Å². The van der Waals surface area contributed by atoms with Gasteiger partial charge in [-0.2, -0.15) is 13.2 Å². The Kier molecular flexibility index (Phi) is 5.88. The highest BCUT2D eigenvalue weighted by Gasteiger charge is 2.38. The molecular formula is C13H11F3N4O5. The summed E-state index contributed by atoms with van der Waals surface area (Å²) in [7, 11) is 0. The highest BCUT2D eigenvalue weighted by Crippen LogP contribution is 2.41. The molecule has 0 aliphatic rings. The fourth-order valence-electron chi connectivity index (χ4n) is 1.78. The monoisotopic (exact) mass is 360 g/mol. The van der Waals surface area contributed by atoms with Gasteiger partial charge < -0.3 is 10.6 Å². The van der Waals surface area contributed by atoms with E-state index in [0.29, 0.717) is 0 Å². The van der Waals surface area contributed by atoms with Crippen molar-refractivity contribution in [3.8, 4) is 12.3 Å². The third kappa shape index (κ3) is 4.80. The maximum Gasteiger partial charge on any atom is 0.416 e. The van der Waals surface area contributed by atoms with E-state index in [1.54, 1.807) is 0 Å². The Balaban J connectivity index is 3.42. The number of halogens is 3. The number of terminal acetylenes is 1. The van der Waals surface area contributed by atoms with Crippen LogP contribution in [0.25, 0.3) is 0 Å². The Labute approximate surface area is 138 Å². The standard InChI is InChI=1S/C13H11F3N4O5/c1-3-4-17-12(21)7(2)18-11-9(19(22)23)5-8(13(14,15)16)6-10(11)20(24)25/h1,5-7,18H,4H2,2H3,(H,17,21). The fraction of sp³-hybridized carbons (Fsp3) is 0.308. The molecule has 9 nitrogen and oxygen atoms in total. The Morgan fingerprint density at radius 3 is 2.12 bits per heavy atom. The minimum absolute atomic E-state index is 0.154. The molecule has 25 heavy (non-hydrogen) atoms. The number of anilines is 1. The van der Waals surface area contributed by atoms with Gasteiger partial charge in [-0.1, -0.05) is 5.92 Å². The molecule has 0 spiro atoms. The first kappa shape index (κ1) is 19.7. The average Bonchev–Trinajstić information content (AvgIpc) is 2.50. The van der Waals surface area contributed by atoms with E-state index in [9.17, 15) is 38.2 Å². The van der Waals surface area contributed by atoms with Gasteiger partial charge in [0.1, 0.15) is 6.04 Å². The van der Waals surface area contributed by atoms with Crippen LogP contribution >= 0.6 is 0 Å². The van der Waals surface area contributed by atoms with Crippen LogP contribution in [0.2, 0.25) is 0 Å². The zero-order chi connectivity index (χ0) is 19.4. The Morgan fingerprint density at radius 2 is 1.76 bits per heavy atom. The normalized spacial score (nSPS) is 12.0. The topological polar surface area (TPSA) is 127 Å². The van der Waals surface area contributed by atoms with Crippen LogP contribution in [-0.2, 0) is 11.0 Å². The van der Waals surface area contributed by atoms with E-state index >= 15 is 0 Å². The molecule has 0 aliphatic heterocycles. The van der Waals surface area contributed by atoms with Gasteiger partial charge in [0.05, 0.1) is 22.0 Å². The van der Waals surface area contributed by atoms with Gasteiger partial charge in [0.2, 0.25) is 5.91 Å². The van der Waals surface area contributed by atoms with Crippen molar-refractivity contribution in [3.63, 3.8) is 0 Å². The van der Waals surface area contributed by atoms with E-state index < -0.39 is 50.6 Å². The summed E-state index contributed by atoms with van der Waals surface area (Å²) in [5, 5.41) is 26.5. The van der Waals surface area contributed by atoms with Crippen LogP contribution in [0.5, 0.6) is 0 Å². The molecule has 0 fully saturated rings. The number of nitrogens with zero attached hydrogens (tertiary/aromatic N) is 2. The largest absolute Gasteiger partial charge is 0.416 e. The molecule has 0 heterocycles. The van der Waals surface area contributed by atoms with Crippen molar-refractivity contribution >= 4 is 23.0 Å². The van der Waals surface area contributed by atoms with E-state index in [2.05, 4.69) is 16.6 Å². The summed E-state index contributed by atoms with van der Waals surface area (Å²) in [6, 6.07) is -0.925. The molecule has 0 aromatic heterocycles. The Bertz CT molecular complexity index is 722.